The molecule has 1 N–H and O–H groups in total. The minimum atomic E-state index is 0.541. The molecule has 0 radical (unpaired) electrons. The predicted octanol–water partition coefficient (Wildman–Crippen LogP) is 1.79. The average Bonchev–Trinajstić information content (AvgIpc) is 2.61. The largest absolute Gasteiger partial charge is 0.332 e. The third-order valence-electron chi connectivity index (χ3n) is 3.24. The third kappa shape index (κ3) is 2.07. The summed E-state index contributed by atoms with van der Waals surface area (Å²) in [6, 6.07) is 0. The Morgan fingerprint density at radius 3 is 3.07 bits per heavy atom. The molecule has 1 unspecified atom stereocenters. The lowest BCUT2D eigenvalue weighted by Crippen LogP contribution is -2.27. The van der Waals surface area contributed by atoms with E-state index in [0.717, 1.165) is 19.0 Å². The van der Waals surface area contributed by atoms with Crippen molar-refractivity contribution in [2.24, 2.45) is 5.92 Å². The molecule has 0 saturated heterocycles. The van der Waals surface area contributed by atoms with Crippen LogP contribution in [0.3, 0.4) is 0 Å². The van der Waals surface area contributed by atoms with Crippen molar-refractivity contribution in [3.8, 4) is 0 Å². The Balaban J connectivity index is 2.15. The van der Waals surface area contributed by atoms with Gasteiger partial charge >= 0.3 is 0 Å². The zero-order valence-corrected chi connectivity index (χ0v) is 9.95. The lowest BCUT2D eigenvalue weighted by atomic mass is 9.96. The maximum atomic E-state index is 4.53. The molecule has 0 aromatic carbocycles. The van der Waals surface area contributed by atoms with Gasteiger partial charge in [-0.3, -0.25) is 0 Å². The van der Waals surface area contributed by atoms with Gasteiger partial charge in [0.15, 0.2) is 0 Å². The topological polar surface area (TPSA) is 29.9 Å². The summed E-state index contributed by atoms with van der Waals surface area (Å²) in [7, 11) is 2.03. The fraction of sp³-hybridized carbons (Fsp3) is 0.750. The van der Waals surface area contributed by atoms with Gasteiger partial charge in [0.25, 0.3) is 0 Å². The molecule has 1 aliphatic heterocycles. The van der Waals surface area contributed by atoms with E-state index >= 15 is 0 Å². The normalized spacial score (nSPS) is 20.7. The summed E-state index contributed by atoms with van der Waals surface area (Å²) >= 11 is 0. The second-order valence-electron chi connectivity index (χ2n) is 4.83. The Labute approximate surface area is 91.9 Å². The van der Waals surface area contributed by atoms with Crippen molar-refractivity contribution >= 4 is 0 Å². The van der Waals surface area contributed by atoms with Gasteiger partial charge in [-0.1, -0.05) is 13.8 Å². The SMILES string of the molecule is CNCC1CCn2c(cnc2C(C)C)C1. The molecule has 15 heavy (non-hydrogen) atoms. The van der Waals surface area contributed by atoms with Gasteiger partial charge in [-0.05, 0) is 32.4 Å². The van der Waals surface area contributed by atoms with Crippen LogP contribution in [0, 0.1) is 5.92 Å². The highest BCUT2D eigenvalue weighted by molar-refractivity contribution is 5.11. The lowest BCUT2D eigenvalue weighted by molar-refractivity contribution is 0.370. The van der Waals surface area contributed by atoms with E-state index in [9.17, 15) is 0 Å². The van der Waals surface area contributed by atoms with Gasteiger partial charge in [0.1, 0.15) is 5.82 Å². The summed E-state index contributed by atoms with van der Waals surface area (Å²) in [5.74, 6) is 2.59. The molecular formula is C12H21N3. The Morgan fingerprint density at radius 1 is 1.60 bits per heavy atom. The zero-order chi connectivity index (χ0) is 10.8. The molecule has 1 aromatic heterocycles. The quantitative estimate of drug-likeness (QED) is 0.819. The van der Waals surface area contributed by atoms with Gasteiger partial charge in [0, 0.05) is 24.4 Å². The predicted molar refractivity (Wildman–Crippen MR) is 62.1 cm³/mol. The molecule has 0 saturated carbocycles. The molecule has 0 spiro atoms. The fourth-order valence-electron chi connectivity index (χ4n) is 2.48. The molecule has 2 rings (SSSR count). The van der Waals surface area contributed by atoms with E-state index in [1.165, 1.54) is 24.4 Å². The first kappa shape index (κ1) is 10.7. The summed E-state index contributed by atoms with van der Waals surface area (Å²) in [6.07, 6.45) is 4.53. The van der Waals surface area contributed by atoms with E-state index in [0.29, 0.717) is 5.92 Å². The van der Waals surface area contributed by atoms with Gasteiger partial charge in [0.05, 0.1) is 0 Å². The standard InChI is InChI=1S/C12H21N3/c1-9(2)12-14-8-11-6-10(7-13-3)4-5-15(11)12/h8-10,13H,4-7H2,1-3H3. The molecule has 0 fully saturated rings. The molecule has 0 aliphatic carbocycles. The molecular weight excluding hydrogens is 186 g/mol. The number of rotatable bonds is 3. The second kappa shape index (κ2) is 4.35. The number of hydrogen-bond donors (Lipinski definition) is 1. The van der Waals surface area contributed by atoms with E-state index in [2.05, 4.69) is 34.9 Å². The van der Waals surface area contributed by atoms with E-state index in [-0.39, 0.29) is 0 Å². The van der Waals surface area contributed by atoms with Crippen LogP contribution >= 0.6 is 0 Å². The maximum Gasteiger partial charge on any atom is 0.111 e. The van der Waals surface area contributed by atoms with Crippen LogP contribution in [0.2, 0.25) is 0 Å². The van der Waals surface area contributed by atoms with E-state index in [1.807, 2.05) is 7.05 Å². The Bertz CT molecular complexity index is 328. The Hall–Kier alpha value is -0.830. The number of aromatic nitrogens is 2. The first-order chi connectivity index (χ1) is 7.22. The van der Waals surface area contributed by atoms with Crippen LogP contribution < -0.4 is 5.32 Å². The van der Waals surface area contributed by atoms with Crippen LogP contribution in [0.5, 0.6) is 0 Å². The number of nitrogens with zero attached hydrogens (tertiary/aromatic N) is 2. The third-order valence-corrected chi connectivity index (χ3v) is 3.24. The van der Waals surface area contributed by atoms with Gasteiger partial charge in [0.2, 0.25) is 0 Å². The van der Waals surface area contributed by atoms with Crippen LogP contribution in [-0.2, 0) is 13.0 Å². The van der Waals surface area contributed by atoms with Crippen molar-refractivity contribution < 1.29 is 0 Å². The van der Waals surface area contributed by atoms with Gasteiger partial charge in [-0.25, -0.2) is 4.98 Å². The Morgan fingerprint density at radius 2 is 2.40 bits per heavy atom. The van der Waals surface area contributed by atoms with Crippen molar-refractivity contribution in [3.63, 3.8) is 0 Å². The lowest BCUT2D eigenvalue weighted by Gasteiger charge is -2.25. The second-order valence-corrected chi connectivity index (χ2v) is 4.83. The number of fused-ring (bicyclic) bond motifs is 1. The monoisotopic (exact) mass is 207 g/mol. The van der Waals surface area contributed by atoms with E-state index < -0.39 is 0 Å². The number of hydrogen-bond acceptors (Lipinski definition) is 2. The summed E-state index contributed by atoms with van der Waals surface area (Å²) < 4.78 is 2.41. The molecule has 2 heterocycles. The highest BCUT2D eigenvalue weighted by Crippen LogP contribution is 2.24. The molecule has 0 amide bonds. The molecule has 1 aromatic rings. The molecule has 0 bridgehead atoms. The van der Waals surface area contributed by atoms with Crippen molar-refractivity contribution in [2.45, 2.75) is 39.2 Å². The number of imidazole rings is 1. The molecule has 1 aliphatic rings. The maximum absolute atomic E-state index is 4.53. The zero-order valence-electron chi connectivity index (χ0n) is 9.95. The average molecular weight is 207 g/mol. The fourth-order valence-corrected chi connectivity index (χ4v) is 2.48. The van der Waals surface area contributed by atoms with Crippen LogP contribution in [0.15, 0.2) is 6.20 Å². The summed E-state index contributed by atoms with van der Waals surface area (Å²) in [5.41, 5.74) is 1.42. The molecule has 84 valence electrons. The molecule has 1 atom stereocenters. The van der Waals surface area contributed by atoms with Crippen LogP contribution in [-0.4, -0.2) is 23.1 Å². The smallest absolute Gasteiger partial charge is 0.111 e. The van der Waals surface area contributed by atoms with Gasteiger partial charge in [-0.15, -0.1) is 0 Å². The molecule has 3 nitrogen and oxygen atoms in total. The van der Waals surface area contributed by atoms with Gasteiger partial charge in [-0.2, -0.15) is 0 Å². The molecule has 3 heteroatoms. The minimum absolute atomic E-state index is 0.541. The first-order valence-electron chi connectivity index (χ1n) is 5.91. The first-order valence-corrected chi connectivity index (χ1v) is 5.91. The van der Waals surface area contributed by atoms with Crippen molar-refractivity contribution in [2.75, 3.05) is 13.6 Å². The van der Waals surface area contributed by atoms with Crippen LogP contribution in [0.1, 0.15) is 37.7 Å². The van der Waals surface area contributed by atoms with Crippen molar-refractivity contribution in [3.05, 3.63) is 17.7 Å². The number of nitrogens with one attached hydrogen (secondary N) is 1. The van der Waals surface area contributed by atoms with Crippen LogP contribution in [0.25, 0.3) is 0 Å². The highest BCUT2D eigenvalue weighted by atomic mass is 15.1. The van der Waals surface area contributed by atoms with Gasteiger partial charge < -0.3 is 9.88 Å². The van der Waals surface area contributed by atoms with E-state index in [4.69, 9.17) is 0 Å². The van der Waals surface area contributed by atoms with Crippen molar-refractivity contribution in [1.82, 2.24) is 14.9 Å². The minimum Gasteiger partial charge on any atom is -0.332 e. The summed E-state index contributed by atoms with van der Waals surface area (Å²) in [6.45, 7) is 6.71. The van der Waals surface area contributed by atoms with E-state index in [1.54, 1.807) is 0 Å². The highest BCUT2D eigenvalue weighted by Gasteiger charge is 2.21. The summed E-state index contributed by atoms with van der Waals surface area (Å²) in [4.78, 5) is 4.53. The Kier molecular flexibility index (Phi) is 3.10. The summed E-state index contributed by atoms with van der Waals surface area (Å²) in [5, 5.41) is 3.27. The van der Waals surface area contributed by atoms with Crippen LogP contribution in [0.4, 0.5) is 0 Å². The van der Waals surface area contributed by atoms with Crippen molar-refractivity contribution in [1.29, 1.82) is 0 Å².